The van der Waals surface area contributed by atoms with Crippen LogP contribution in [0.5, 0.6) is 5.75 Å². The molecule has 0 aliphatic carbocycles. The van der Waals surface area contributed by atoms with Gasteiger partial charge in [-0.25, -0.2) is 9.97 Å². The predicted molar refractivity (Wildman–Crippen MR) is 116 cm³/mol. The number of aromatic nitrogens is 4. The largest absolute Gasteiger partial charge is 0.597 e. The molecule has 0 saturated heterocycles. The van der Waals surface area contributed by atoms with Gasteiger partial charge in [0.15, 0.2) is 10.8 Å². The highest BCUT2D eigenvalue weighted by molar-refractivity contribution is 7.90. The number of nitrogens with zero attached hydrogens (tertiary/aromatic N) is 5. The molecule has 1 unspecified atom stereocenters. The number of ether oxygens (including phenoxy) is 1. The maximum absolute atomic E-state index is 13.0. The molecule has 0 saturated carbocycles. The minimum Gasteiger partial charge on any atom is -0.597 e. The molecule has 3 rings (SSSR count). The topological polar surface area (TPSA) is 78.6 Å². The van der Waals surface area contributed by atoms with Crippen LogP contribution in [0.4, 0.5) is 0 Å². The average molecular weight is 436 g/mol. The summed E-state index contributed by atoms with van der Waals surface area (Å²) in [7, 11) is 1.59. The third-order valence-electron chi connectivity index (χ3n) is 4.63. The van der Waals surface area contributed by atoms with E-state index in [1.807, 2.05) is 61.8 Å². The van der Waals surface area contributed by atoms with E-state index in [2.05, 4.69) is 15.0 Å². The zero-order valence-corrected chi connectivity index (χ0v) is 19.1. The van der Waals surface area contributed by atoms with E-state index in [-0.39, 0.29) is 10.8 Å². The van der Waals surface area contributed by atoms with Crippen molar-refractivity contribution in [2.24, 2.45) is 0 Å². The molecule has 29 heavy (non-hydrogen) atoms. The van der Waals surface area contributed by atoms with Gasteiger partial charge in [0.1, 0.15) is 10.5 Å². The Morgan fingerprint density at radius 1 is 1.34 bits per heavy atom. The van der Waals surface area contributed by atoms with Gasteiger partial charge < -0.3 is 13.7 Å². The summed E-state index contributed by atoms with van der Waals surface area (Å²) in [6.07, 6.45) is 7.01. The fourth-order valence-corrected chi connectivity index (χ4v) is 4.68. The highest BCUT2D eigenvalue weighted by Gasteiger charge is 2.36. The molecule has 3 aromatic heterocycles. The van der Waals surface area contributed by atoms with Crippen LogP contribution in [0, 0.1) is 0 Å². The molecule has 2 atom stereocenters. The van der Waals surface area contributed by atoms with E-state index < -0.39 is 11.4 Å². The van der Waals surface area contributed by atoms with E-state index >= 15 is 0 Å². The molecule has 0 bridgehead atoms. The van der Waals surface area contributed by atoms with E-state index in [1.54, 1.807) is 19.5 Å². The quantitative estimate of drug-likeness (QED) is 0.537. The monoisotopic (exact) mass is 435 g/mol. The summed E-state index contributed by atoms with van der Waals surface area (Å²) in [6, 6.07) is 1.77. The lowest BCUT2D eigenvalue weighted by atomic mass is 10.1. The first-order valence-corrected chi connectivity index (χ1v) is 10.9. The first kappa shape index (κ1) is 21.8. The molecule has 0 amide bonds. The predicted octanol–water partition coefficient (Wildman–Crippen LogP) is 4.30. The lowest BCUT2D eigenvalue weighted by molar-refractivity contribution is 0.338. The summed E-state index contributed by atoms with van der Waals surface area (Å²) in [5.41, 5.74) is 2.78. The van der Waals surface area contributed by atoms with Crippen LogP contribution in [-0.4, -0.2) is 46.6 Å². The molecule has 0 spiro atoms. The molecular formula is C20H26ClN5O2S. The first-order valence-electron chi connectivity index (χ1n) is 9.39. The molecule has 0 fully saturated rings. The van der Waals surface area contributed by atoms with Crippen LogP contribution >= 0.6 is 11.6 Å². The average Bonchev–Trinajstić information content (AvgIpc) is 3.16. The van der Waals surface area contributed by atoms with Gasteiger partial charge in [-0.3, -0.25) is 4.98 Å². The van der Waals surface area contributed by atoms with Gasteiger partial charge in [0.25, 0.3) is 0 Å². The van der Waals surface area contributed by atoms with Crippen molar-refractivity contribution in [3.05, 3.63) is 41.7 Å². The number of methoxy groups -OCH3 is 1. The fraction of sp³-hybridized carbons (Fsp3) is 0.450. The Morgan fingerprint density at radius 2 is 2.07 bits per heavy atom. The Labute approximate surface area is 179 Å². The van der Waals surface area contributed by atoms with Gasteiger partial charge in [-0.05, 0) is 40.7 Å². The van der Waals surface area contributed by atoms with Gasteiger partial charge >= 0.3 is 0 Å². The highest BCUT2D eigenvalue weighted by atomic mass is 35.5. The molecule has 0 aliphatic heterocycles. The van der Waals surface area contributed by atoms with Gasteiger partial charge in [-0.15, -0.1) is 4.31 Å². The molecule has 7 nitrogen and oxygen atoms in total. The van der Waals surface area contributed by atoms with Crippen LogP contribution in [-0.2, 0) is 11.4 Å². The number of fused-ring (bicyclic) bond motifs is 1. The van der Waals surface area contributed by atoms with Crippen LogP contribution in [0.25, 0.3) is 16.9 Å². The second kappa shape index (κ2) is 8.47. The molecule has 3 aromatic rings. The third-order valence-corrected chi connectivity index (χ3v) is 6.93. The van der Waals surface area contributed by atoms with Crippen molar-refractivity contribution in [3.8, 4) is 17.0 Å². The lowest BCUT2D eigenvalue weighted by Gasteiger charge is -2.35. The number of halogens is 1. The van der Waals surface area contributed by atoms with E-state index in [0.717, 1.165) is 11.3 Å². The molecule has 0 radical (unpaired) electrons. The molecule has 0 aliphatic rings. The van der Waals surface area contributed by atoms with E-state index in [4.69, 9.17) is 16.3 Å². The summed E-state index contributed by atoms with van der Waals surface area (Å²) in [4.78, 5) is 13.3. The summed E-state index contributed by atoms with van der Waals surface area (Å²) >= 11 is 5.15. The Balaban J connectivity index is 2.06. The van der Waals surface area contributed by atoms with Crippen molar-refractivity contribution in [1.82, 2.24) is 23.7 Å². The van der Waals surface area contributed by atoms with Crippen LogP contribution in [0.3, 0.4) is 0 Å². The maximum atomic E-state index is 13.0. The Kier molecular flexibility index (Phi) is 6.38. The van der Waals surface area contributed by atoms with Gasteiger partial charge in [-0.2, -0.15) is 0 Å². The van der Waals surface area contributed by atoms with Crippen molar-refractivity contribution >= 4 is 28.6 Å². The van der Waals surface area contributed by atoms with Crippen LogP contribution in [0.1, 0.15) is 46.4 Å². The number of pyridine rings is 1. The SMILES string of the molecule is CCN([C@H](C)c1cc(-c2cn3ccnc3c(Cl)n2)c(OC)cn1)[S+]([O-])C(C)(C)C. The van der Waals surface area contributed by atoms with Gasteiger partial charge in [0.2, 0.25) is 0 Å². The maximum Gasteiger partial charge on any atom is 0.174 e. The van der Waals surface area contributed by atoms with Crippen molar-refractivity contribution in [2.75, 3.05) is 13.7 Å². The lowest BCUT2D eigenvalue weighted by Crippen LogP contribution is -2.44. The molecule has 9 heteroatoms. The smallest absolute Gasteiger partial charge is 0.174 e. The van der Waals surface area contributed by atoms with Crippen LogP contribution < -0.4 is 4.74 Å². The normalized spacial score (nSPS) is 14.4. The summed E-state index contributed by atoms with van der Waals surface area (Å²) in [6.45, 7) is 10.6. The zero-order chi connectivity index (χ0) is 21.3. The van der Waals surface area contributed by atoms with Crippen molar-refractivity contribution in [3.63, 3.8) is 0 Å². The van der Waals surface area contributed by atoms with Gasteiger partial charge in [0.05, 0.1) is 30.7 Å². The minimum absolute atomic E-state index is 0.155. The second-order valence-electron chi connectivity index (χ2n) is 7.66. The first-order chi connectivity index (χ1) is 13.7. The van der Waals surface area contributed by atoms with E-state index in [1.165, 1.54) is 0 Å². The highest BCUT2D eigenvalue weighted by Crippen LogP contribution is 2.34. The Morgan fingerprint density at radius 3 is 2.69 bits per heavy atom. The number of hydrogen-bond donors (Lipinski definition) is 0. The van der Waals surface area contributed by atoms with Crippen LogP contribution in [0.15, 0.2) is 30.9 Å². The van der Waals surface area contributed by atoms with Crippen LogP contribution in [0.2, 0.25) is 5.15 Å². The second-order valence-corrected chi connectivity index (χ2v) is 10.2. The molecule has 3 heterocycles. The number of rotatable bonds is 6. The fourth-order valence-electron chi connectivity index (χ4n) is 3.11. The van der Waals surface area contributed by atoms with E-state index in [0.29, 0.717) is 28.8 Å². The summed E-state index contributed by atoms with van der Waals surface area (Å²) in [5, 5.41) is 0.310. The third kappa shape index (κ3) is 4.35. The molecule has 0 N–H and O–H groups in total. The van der Waals surface area contributed by atoms with Crippen molar-refractivity contribution in [1.29, 1.82) is 0 Å². The van der Waals surface area contributed by atoms with E-state index in [9.17, 15) is 4.55 Å². The molecular weight excluding hydrogens is 410 g/mol. The summed E-state index contributed by atoms with van der Waals surface area (Å²) in [5.74, 6) is 0.587. The zero-order valence-electron chi connectivity index (χ0n) is 17.5. The van der Waals surface area contributed by atoms with Crippen molar-refractivity contribution < 1.29 is 9.29 Å². The number of hydrogen-bond acceptors (Lipinski definition) is 6. The van der Waals surface area contributed by atoms with Gasteiger partial charge in [0, 0.05) is 42.1 Å². The molecule has 0 aromatic carbocycles. The standard InChI is InChI=1S/C20H26ClN5O2S/c1-7-26(29(27)20(3,4)5)13(2)15-10-14(17(28-6)11-23-15)16-12-25-9-8-22-19(25)18(21)24-16/h8-13H,7H2,1-6H3/t13-,29?/m1/s1. The Bertz CT molecular complexity index is 1000. The Hall–Kier alpha value is -1.87. The minimum atomic E-state index is -1.17. The molecule has 156 valence electrons. The number of imidazole rings is 1. The van der Waals surface area contributed by atoms with Crippen molar-refractivity contribution in [2.45, 2.75) is 45.4 Å². The summed E-state index contributed by atoms with van der Waals surface area (Å²) < 4.78 is 21.9. The van der Waals surface area contributed by atoms with Gasteiger partial charge in [-0.1, -0.05) is 11.6 Å².